The molecule has 0 spiro atoms. The van der Waals surface area contributed by atoms with E-state index >= 15 is 0 Å². The van der Waals surface area contributed by atoms with E-state index in [1.54, 1.807) is 6.07 Å². The second-order valence-corrected chi connectivity index (χ2v) is 4.11. The molecule has 0 aromatic carbocycles. The van der Waals surface area contributed by atoms with Crippen molar-refractivity contribution in [3.63, 3.8) is 0 Å². The topological polar surface area (TPSA) is 63.3 Å². The predicted molar refractivity (Wildman–Crippen MR) is 60.4 cm³/mol. The predicted octanol–water partition coefficient (Wildman–Crippen LogP) is 2.01. The van der Waals surface area contributed by atoms with Crippen LogP contribution in [0.15, 0.2) is 11.4 Å². The number of halogens is 1. The summed E-state index contributed by atoms with van der Waals surface area (Å²) in [5.41, 5.74) is 5.89. The van der Waals surface area contributed by atoms with Gasteiger partial charge in [0.05, 0.1) is 5.56 Å². The Kier molecular flexibility index (Phi) is 5.76. The molecular formula is C9H14ClNO2S. The van der Waals surface area contributed by atoms with E-state index in [1.165, 1.54) is 11.3 Å². The summed E-state index contributed by atoms with van der Waals surface area (Å²) < 4.78 is 0. The van der Waals surface area contributed by atoms with Crippen molar-refractivity contribution < 1.29 is 9.90 Å². The van der Waals surface area contributed by atoms with Crippen LogP contribution in [0.4, 0.5) is 0 Å². The summed E-state index contributed by atoms with van der Waals surface area (Å²) in [4.78, 5) is 11.6. The van der Waals surface area contributed by atoms with Gasteiger partial charge in [0.2, 0.25) is 0 Å². The first-order valence-electron chi connectivity index (χ1n) is 4.15. The number of aromatic carboxylic acids is 1. The number of rotatable bonds is 4. The Bertz CT molecular complexity index is 301. The fourth-order valence-corrected chi connectivity index (χ4v) is 2.12. The zero-order valence-electron chi connectivity index (χ0n) is 7.90. The average molecular weight is 236 g/mol. The smallest absolute Gasteiger partial charge is 0.336 e. The van der Waals surface area contributed by atoms with Crippen LogP contribution < -0.4 is 5.73 Å². The number of nitrogens with two attached hydrogens (primary N) is 1. The third-order valence-electron chi connectivity index (χ3n) is 1.91. The lowest BCUT2D eigenvalue weighted by molar-refractivity contribution is 0.0696. The third kappa shape index (κ3) is 3.29. The zero-order valence-corrected chi connectivity index (χ0v) is 9.53. The van der Waals surface area contributed by atoms with E-state index in [0.29, 0.717) is 18.0 Å². The molecule has 80 valence electrons. The second kappa shape index (κ2) is 6.01. The maximum Gasteiger partial charge on any atom is 0.336 e. The van der Waals surface area contributed by atoms with Crippen LogP contribution in [0.25, 0.3) is 0 Å². The van der Waals surface area contributed by atoms with Gasteiger partial charge in [-0.1, -0.05) is 6.92 Å². The maximum absolute atomic E-state index is 10.7. The van der Waals surface area contributed by atoms with Crippen molar-refractivity contribution in [1.29, 1.82) is 0 Å². The normalized spacial score (nSPS) is 11.9. The Balaban J connectivity index is 0.00000169. The van der Waals surface area contributed by atoms with Crippen LogP contribution in [-0.2, 0) is 6.42 Å². The molecule has 0 unspecified atom stereocenters. The highest BCUT2D eigenvalue weighted by Crippen LogP contribution is 2.20. The summed E-state index contributed by atoms with van der Waals surface area (Å²) in [6.07, 6.45) is 0.760. The lowest BCUT2D eigenvalue weighted by Crippen LogP contribution is -2.13. The lowest BCUT2D eigenvalue weighted by Gasteiger charge is -2.06. The van der Waals surface area contributed by atoms with Crippen LogP contribution in [0.2, 0.25) is 0 Å². The van der Waals surface area contributed by atoms with Gasteiger partial charge < -0.3 is 10.8 Å². The summed E-state index contributed by atoms with van der Waals surface area (Å²) in [6, 6.07) is 1.64. The Labute approximate surface area is 93.3 Å². The molecule has 0 bridgehead atoms. The molecular weight excluding hydrogens is 222 g/mol. The van der Waals surface area contributed by atoms with E-state index in [4.69, 9.17) is 10.8 Å². The van der Waals surface area contributed by atoms with Crippen LogP contribution in [0.1, 0.15) is 22.2 Å². The van der Waals surface area contributed by atoms with Crippen LogP contribution >= 0.6 is 23.7 Å². The summed E-state index contributed by atoms with van der Waals surface area (Å²) in [7, 11) is 0. The highest BCUT2D eigenvalue weighted by atomic mass is 35.5. The largest absolute Gasteiger partial charge is 0.478 e. The van der Waals surface area contributed by atoms with Gasteiger partial charge in [0, 0.05) is 4.88 Å². The molecule has 0 saturated heterocycles. The van der Waals surface area contributed by atoms with Crippen molar-refractivity contribution in [2.75, 3.05) is 6.54 Å². The molecule has 5 heteroatoms. The van der Waals surface area contributed by atoms with Gasteiger partial charge in [0.25, 0.3) is 0 Å². The van der Waals surface area contributed by atoms with Gasteiger partial charge in [-0.25, -0.2) is 4.79 Å². The molecule has 3 N–H and O–H groups in total. The van der Waals surface area contributed by atoms with Crippen molar-refractivity contribution >= 4 is 29.7 Å². The monoisotopic (exact) mass is 235 g/mol. The van der Waals surface area contributed by atoms with E-state index in [-0.39, 0.29) is 12.4 Å². The Morgan fingerprint density at radius 1 is 1.71 bits per heavy atom. The van der Waals surface area contributed by atoms with Gasteiger partial charge in [-0.2, -0.15) is 0 Å². The van der Waals surface area contributed by atoms with E-state index in [0.717, 1.165) is 11.3 Å². The molecule has 0 saturated carbocycles. The molecule has 1 rings (SSSR count). The highest BCUT2D eigenvalue weighted by molar-refractivity contribution is 7.10. The van der Waals surface area contributed by atoms with Gasteiger partial charge in [-0.05, 0) is 30.3 Å². The molecule has 0 aliphatic rings. The number of hydrogen-bond acceptors (Lipinski definition) is 3. The molecule has 3 nitrogen and oxygen atoms in total. The molecule has 1 aromatic heterocycles. The quantitative estimate of drug-likeness (QED) is 0.839. The first-order valence-corrected chi connectivity index (χ1v) is 5.02. The van der Waals surface area contributed by atoms with Crippen LogP contribution in [0, 0.1) is 5.92 Å². The van der Waals surface area contributed by atoms with Crippen LogP contribution in [-0.4, -0.2) is 17.6 Å². The summed E-state index contributed by atoms with van der Waals surface area (Å²) in [5, 5.41) is 10.6. The van der Waals surface area contributed by atoms with Crippen LogP contribution in [0.3, 0.4) is 0 Å². The molecule has 0 aliphatic heterocycles. The SMILES string of the molecule is C[C@@H](CN)Cc1sccc1C(=O)O.Cl. The van der Waals surface area contributed by atoms with Crippen LogP contribution in [0.5, 0.6) is 0 Å². The van der Waals surface area contributed by atoms with E-state index < -0.39 is 5.97 Å². The number of hydrogen-bond donors (Lipinski definition) is 2. The van der Waals surface area contributed by atoms with Crippen molar-refractivity contribution in [2.45, 2.75) is 13.3 Å². The first kappa shape index (κ1) is 13.4. The minimum absolute atomic E-state index is 0. The first-order chi connectivity index (χ1) is 6.15. The highest BCUT2D eigenvalue weighted by Gasteiger charge is 2.12. The fraction of sp³-hybridized carbons (Fsp3) is 0.444. The number of carbonyl (C=O) groups is 1. The number of carboxylic acids is 1. The molecule has 0 fully saturated rings. The van der Waals surface area contributed by atoms with Gasteiger partial charge in [0.15, 0.2) is 0 Å². The summed E-state index contributed by atoms with van der Waals surface area (Å²) in [5.74, 6) is -0.503. The number of thiophene rings is 1. The minimum atomic E-state index is -0.847. The van der Waals surface area contributed by atoms with Gasteiger partial charge >= 0.3 is 5.97 Å². The Morgan fingerprint density at radius 3 is 2.86 bits per heavy atom. The van der Waals surface area contributed by atoms with Crippen molar-refractivity contribution in [3.8, 4) is 0 Å². The molecule has 1 heterocycles. The molecule has 0 aliphatic carbocycles. The van der Waals surface area contributed by atoms with Gasteiger partial charge in [-0.15, -0.1) is 23.7 Å². The Morgan fingerprint density at radius 2 is 2.36 bits per heavy atom. The second-order valence-electron chi connectivity index (χ2n) is 3.11. The maximum atomic E-state index is 10.7. The minimum Gasteiger partial charge on any atom is -0.478 e. The molecule has 14 heavy (non-hydrogen) atoms. The van der Waals surface area contributed by atoms with Gasteiger partial charge in [-0.3, -0.25) is 0 Å². The standard InChI is InChI=1S/C9H13NO2S.ClH/c1-6(5-10)4-8-7(9(11)12)2-3-13-8;/h2-3,6H,4-5,10H2,1H3,(H,11,12);1H/t6-;/m1./s1. The molecule has 1 atom stereocenters. The van der Waals surface area contributed by atoms with E-state index in [2.05, 4.69) is 0 Å². The average Bonchev–Trinajstić information content (AvgIpc) is 2.52. The Hall–Kier alpha value is -0.580. The third-order valence-corrected chi connectivity index (χ3v) is 2.86. The van der Waals surface area contributed by atoms with E-state index in [1.807, 2.05) is 12.3 Å². The fourth-order valence-electron chi connectivity index (χ4n) is 1.09. The van der Waals surface area contributed by atoms with Crippen molar-refractivity contribution in [3.05, 3.63) is 21.9 Å². The summed E-state index contributed by atoms with van der Waals surface area (Å²) in [6.45, 7) is 2.61. The van der Waals surface area contributed by atoms with E-state index in [9.17, 15) is 4.79 Å². The van der Waals surface area contributed by atoms with Crippen molar-refractivity contribution in [1.82, 2.24) is 0 Å². The number of carboxylic acid groups (broad SMARTS) is 1. The van der Waals surface area contributed by atoms with Crippen molar-refractivity contribution in [2.24, 2.45) is 11.7 Å². The summed E-state index contributed by atoms with van der Waals surface area (Å²) >= 11 is 1.49. The molecule has 0 amide bonds. The molecule has 0 radical (unpaired) electrons. The van der Waals surface area contributed by atoms with Gasteiger partial charge in [0.1, 0.15) is 0 Å². The zero-order chi connectivity index (χ0) is 9.84. The molecule has 1 aromatic rings. The lowest BCUT2D eigenvalue weighted by atomic mass is 10.1.